The molecule has 7 fully saturated rings. The molecular weight excluding hydrogens is 712 g/mol. The Morgan fingerprint density at radius 2 is 1.44 bits per heavy atom. The van der Waals surface area contributed by atoms with E-state index in [2.05, 4.69) is 54.5 Å². The third-order valence-corrected chi connectivity index (χ3v) is 17.6. The zero-order valence-electron chi connectivity index (χ0n) is 33.8. The van der Waals surface area contributed by atoms with E-state index in [1.165, 1.54) is 12.5 Å². The maximum Gasteiger partial charge on any atom is 0.315 e. The minimum absolute atomic E-state index is 0.0419. The Bertz CT molecular complexity index is 1550. The lowest BCUT2D eigenvalue weighted by Crippen LogP contribution is -2.67. The second-order valence-electron chi connectivity index (χ2n) is 20.9. The molecule has 7 N–H and O–H groups in total. The number of allylic oxidation sites excluding steroid dienone is 2. The van der Waals surface area contributed by atoms with Crippen molar-refractivity contribution in [3.63, 3.8) is 0 Å². The van der Waals surface area contributed by atoms with Crippen LogP contribution < -0.4 is 0 Å². The number of aliphatic hydroxyl groups is 7. The molecule has 5 aliphatic carbocycles. The van der Waals surface area contributed by atoms with E-state index in [0.29, 0.717) is 25.2 Å². The molecule has 2 bridgehead atoms. The van der Waals surface area contributed by atoms with Crippen molar-refractivity contribution >= 4 is 5.97 Å². The molecule has 312 valence electrons. The fourth-order valence-electron chi connectivity index (χ4n) is 14.0. The highest BCUT2D eigenvalue weighted by Crippen LogP contribution is 2.76. The van der Waals surface area contributed by atoms with E-state index in [0.717, 1.165) is 32.1 Å². The normalized spacial score (nSPS) is 56.6. The van der Waals surface area contributed by atoms with Crippen molar-refractivity contribution in [3.8, 4) is 0 Å². The molecule has 3 aliphatic heterocycles. The predicted octanol–water partition coefficient (Wildman–Crippen LogP) is 2.33. The summed E-state index contributed by atoms with van der Waals surface area (Å²) in [6.07, 6.45) is -6.05. The van der Waals surface area contributed by atoms with E-state index in [4.69, 9.17) is 23.7 Å². The third-order valence-electron chi connectivity index (χ3n) is 17.6. The van der Waals surface area contributed by atoms with Crippen LogP contribution in [-0.2, 0) is 28.5 Å². The van der Waals surface area contributed by atoms with Crippen molar-refractivity contribution < 1.29 is 64.2 Å². The molecule has 4 saturated carbocycles. The molecule has 8 aliphatic rings. The summed E-state index contributed by atoms with van der Waals surface area (Å²) in [7, 11) is 0. The molecule has 13 nitrogen and oxygen atoms in total. The number of hydrogen-bond acceptors (Lipinski definition) is 13. The van der Waals surface area contributed by atoms with E-state index >= 15 is 0 Å². The van der Waals surface area contributed by atoms with E-state index in [1.807, 2.05) is 0 Å². The lowest BCUT2D eigenvalue weighted by atomic mass is 9.33. The molecule has 1 spiro atoms. The molecule has 3 saturated heterocycles. The first-order valence-corrected chi connectivity index (χ1v) is 20.8. The van der Waals surface area contributed by atoms with Crippen LogP contribution in [0, 0.1) is 50.2 Å². The Morgan fingerprint density at radius 3 is 2.15 bits per heavy atom. The first-order chi connectivity index (χ1) is 25.5. The molecule has 20 atom stereocenters. The van der Waals surface area contributed by atoms with Crippen molar-refractivity contribution in [2.45, 2.75) is 186 Å². The van der Waals surface area contributed by atoms with Gasteiger partial charge < -0.3 is 59.4 Å². The zero-order valence-corrected chi connectivity index (χ0v) is 33.8. The monoisotopic (exact) mass is 778 g/mol. The van der Waals surface area contributed by atoms with Crippen LogP contribution in [0.15, 0.2) is 11.6 Å². The quantitative estimate of drug-likeness (QED) is 0.122. The van der Waals surface area contributed by atoms with Crippen molar-refractivity contribution in [2.24, 2.45) is 50.2 Å². The van der Waals surface area contributed by atoms with Gasteiger partial charge in [-0.25, -0.2) is 0 Å². The fourth-order valence-corrected chi connectivity index (χ4v) is 14.0. The van der Waals surface area contributed by atoms with E-state index in [-0.39, 0.29) is 63.7 Å². The second kappa shape index (κ2) is 13.1. The number of esters is 1. The smallest absolute Gasteiger partial charge is 0.315 e. The van der Waals surface area contributed by atoms with E-state index in [1.54, 1.807) is 0 Å². The molecule has 13 heteroatoms. The molecule has 0 amide bonds. The molecule has 55 heavy (non-hydrogen) atoms. The number of carbonyl (C=O) groups is 1. The Balaban J connectivity index is 1.00. The van der Waals surface area contributed by atoms with Gasteiger partial charge in [0.1, 0.15) is 54.2 Å². The van der Waals surface area contributed by atoms with E-state index < -0.39 is 72.9 Å². The summed E-state index contributed by atoms with van der Waals surface area (Å²) in [5.41, 5.74) is -0.507. The summed E-state index contributed by atoms with van der Waals surface area (Å²) >= 11 is 0. The fraction of sp³-hybridized carbons (Fsp3) is 0.929. The average Bonchev–Trinajstić information content (AvgIpc) is 3.44. The molecule has 3 heterocycles. The van der Waals surface area contributed by atoms with Crippen molar-refractivity contribution in [2.75, 3.05) is 6.61 Å². The third kappa shape index (κ3) is 5.53. The van der Waals surface area contributed by atoms with Gasteiger partial charge in [-0.05, 0) is 91.3 Å². The van der Waals surface area contributed by atoms with Crippen LogP contribution >= 0.6 is 0 Å². The largest absolute Gasteiger partial charge is 0.461 e. The Kier molecular flexibility index (Phi) is 9.68. The first-order valence-electron chi connectivity index (χ1n) is 20.8. The molecule has 8 rings (SSSR count). The standard InChI is InChI=1S/C42H66O13/c1-19-28(44)30(46)32(48)34(52-19)51-18-22-29(45)31(47)33(49)35(53-22)54-26-12-13-39(6)23(38(26,4)5)11-14-40(7)24(39)10-9-20-21-15-37(2,3)27-17-42(21,36(50)55-27)25(43)16-41(20,40)8/h9,19,21-35,43-49H,10-18H2,1-8H3/t19-,21+,22-,23+,24-,25-,26+,27+,28+,29-,30+,31+,32-,33-,34-,35+,39+,40-,41-,42-/m1/s1. The summed E-state index contributed by atoms with van der Waals surface area (Å²) in [5, 5.41) is 75.6. The van der Waals surface area contributed by atoms with Crippen LogP contribution in [0.3, 0.4) is 0 Å². The van der Waals surface area contributed by atoms with Gasteiger partial charge in [-0.3, -0.25) is 4.79 Å². The summed E-state index contributed by atoms with van der Waals surface area (Å²) in [4.78, 5) is 13.6. The van der Waals surface area contributed by atoms with Gasteiger partial charge >= 0.3 is 5.97 Å². The zero-order chi connectivity index (χ0) is 40.0. The maximum absolute atomic E-state index is 13.6. The van der Waals surface area contributed by atoms with Gasteiger partial charge in [-0.2, -0.15) is 0 Å². The van der Waals surface area contributed by atoms with Gasteiger partial charge in [0.05, 0.1) is 24.9 Å². The lowest BCUT2D eigenvalue weighted by molar-refractivity contribution is -0.344. The Morgan fingerprint density at radius 1 is 0.764 bits per heavy atom. The topological polar surface area (TPSA) is 205 Å². The number of rotatable bonds is 5. The van der Waals surface area contributed by atoms with Crippen LogP contribution in [0.4, 0.5) is 0 Å². The molecule has 0 unspecified atom stereocenters. The number of ether oxygens (including phenoxy) is 5. The average molecular weight is 779 g/mol. The highest BCUT2D eigenvalue weighted by atomic mass is 16.7. The van der Waals surface area contributed by atoms with Crippen molar-refractivity contribution in [3.05, 3.63) is 11.6 Å². The first kappa shape index (κ1) is 40.5. The van der Waals surface area contributed by atoms with Gasteiger partial charge in [0.15, 0.2) is 12.6 Å². The highest BCUT2D eigenvalue weighted by Gasteiger charge is 2.74. The number of aliphatic hydroxyl groups excluding tert-OH is 7. The minimum atomic E-state index is -1.59. The highest BCUT2D eigenvalue weighted by molar-refractivity contribution is 5.82. The van der Waals surface area contributed by atoms with Gasteiger partial charge in [0.25, 0.3) is 0 Å². The van der Waals surface area contributed by atoms with Gasteiger partial charge in [0.2, 0.25) is 0 Å². The van der Waals surface area contributed by atoms with Crippen LogP contribution in [0.2, 0.25) is 0 Å². The molecular formula is C42H66O13. The SMILES string of the molecule is C[C@H]1O[C@@H](OC[C@H]2O[C@@H](O[C@H]3CC[C@]4(C)[C@H]5CC=C6[C@@H]7CC(C)(C)[C@@H]8C[C@]7(C(=O)O8)[C@H](O)C[C@@]6(C)[C@]5(C)CC[C@H]4C3(C)C)[C@H](O)[C@@H](O)[C@@H]2O)[C@H](O)[C@@H](O)[C@H]1O. The van der Waals surface area contributed by atoms with Crippen LogP contribution in [-0.4, -0.2) is 128 Å². The molecule has 0 radical (unpaired) electrons. The Labute approximate surface area is 324 Å². The van der Waals surface area contributed by atoms with Crippen molar-refractivity contribution in [1.29, 1.82) is 0 Å². The molecule has 0 aromatic rings. The maximum atomic E-state index is 13.6. The lowest BCUT2D eigenvalue weighted by Gasteiger charge is -2.71. The van der Waals surface area contributed by atoms with Gasteiger partial charge in [-0.1, -0.05) is 60.1 Å². The van der Waals surface area contributed by atoms with Crippen molar-refractivity contribution in [1.82, 2.24) is 0 Å². The number of hydrogen-bond donors (Lipinski definition) is 7. The summed E-state index contributed by atoms with van der Waals surface area (Å²) in [6, 6.07) is 0. The molecule has 0 aromatic carbocycles. The van der Waals surface area contributed by atoms with Crippen LogP contribution in [0.5, 0.6) is 0 Å². The minimum Gasteiger partial charge on any atom is -0.461 e. The predicted molar refractivity (Wildman–Crippen MR) is 196 cm³/mol. The van der Waals surface area contributed by atoms with Gasteiger partial charge in [-0.15, -0.1) is 0 Å². The summed E-state index contributed by atoms with van der Waals surface area (Å²) in [5.74, 6) is 0.313. The number of fused-ring (bicyclic) bond motifs is 7. The summed E-state index contributed by atoms with van der Waals surface area (Å²) in [6.45, 7) is 17.3. The van der Waals surface area contributed by atoms with Gasteiger partial charge in [0, 0.05) is 11.8 Å². The van der Waals surface area contributed by atoms with E-state index in [9.17, 15) is 40.5 Å². The molecule has 0 aromatic heterocycles. The number of carbonyl (C=O) groups excluding carboxylic acids is 1. The van der Waals surface area contributed by atoms with Crippen LogP contribution in [0.25, 0.3) is 0 Å². The summed E-state index contributed by atoms with van der Waals surface area (Å²) < 4.78 is 29.9. The Hall–Kier alpha value is -1.23. The van der Waals surface area contributed by atoms with Crippen LogP contribution in [0.1, 0.15) is 107 Å². The second-order valence-corrected chi connectivity index (χ2v) is 20.9.